The van der Waals surface area contributed by atoms with Gasteiger partial charge in [-0.3, -0.25) is 9.69 Å². The summed E-state index contributed by atoms with van der Waals surface area (Å²) in [6.07, 6.45) is 4.24. The van der Waals surface area contributed by atoms with Gasteiger partial charge in [-0.2, -0.15) is 4.31 Å². The van der Waals surface area contributed by atoms with Crippen molar-refractivity contribution in [3.05, 3.63) is 47.5 Å². The average Bonchev–Trinajstić information content (AvgIpc) is 3.37. The molecule has 3 aromatic rings. The largest absolute Gasteiger partial charge is 0.494 e. The Balaban J connectivity index is 1.93. The topological polar surface area (TPSA) is 83.1 Å². The number of methoxy groups -OCH3 is 1. The van der Waals surface area contributed by atoms with E-state index in [1.807, 2.05) is 33.2 Å². The second-order valence-electron chi connectivity index (χ2n) is 10.0. The normalized spacial score (nSPS) is 12.0. The minimum absolute atomic E-state index is 0.206. The van der Waals surface area contributed by atoms with Crippen molar-refractivity contribution in [2.24, 2.45) is 0 Å². The van der Waals surface area contributed by atoms with Crippen molar-refractivity contribution in [2.45, 2.75) is 57.8 Å². The molecule has 0 saturated carbocycles. The van der Waals surface area contributed by atoms with E-state index in [1.54, 1.807) is 40.6 Å². The summed E-state index contributed by atoms with van der Waals surface area (Å²) >= 11 is 1.47. The number of benzene rings is 2. The number of carbonyl (C=O) groups excluding carboxylic acids is 1. The molecule has 0 atom stereocenters. The van der Waals surface area contributed by atoms with Crippen molar-refractivity contribution in [1.82, 2.24) is 14.2 Å². The molecule has 1 heterocycles. The molecule has 0 N–H and O–H groups in total. The number of sulfonamides is 1. The van der Waals surface area contributed by atoms with Crippen LogP contribution in [0, 0.1) is 6.92 Å². The summed E-state index contributed by atoms with van der Waals surface area (Å²) in [7, 11) is 1.98. The molecule has 1 amide bonds. The lowest BCUT2D eigenvalue weighted by atomic mass is 10.2. The highest BCUT2D eigenvalue weighted by Gasteiger charge is 2.26. The number of aryl methyl sites for hydroxylation is 1. The van der Waals surface area contributed by atoms with Crippen LogP contribution in [0.25, 0.3) is 10.2 Å². The number of unbranched alkanes of at least 4 members (excludes halogenated alkanes) is 2. The number of hydrogen-bond donors (Lipinski definition) is 0. The van der Waals surface area contributed by atoms with E-state index in [2.05, 4.69) is 18.7 Å². The lowest BCUT2D eigenvalue weighted by molar-refractivity contribution is 0.0986. The number of hydrogen-bond acceptors (Lipinski definition) is 7. The molecule has 0 bridgehead atoms. The minimum atomic E-state index is -3.64. The molecule has 10 heteroatoms. The zero-order valence-electron chi connectivity index (χ0n) is 24.1. The summed E-state index contributed by atoms with van der Waals surface area (Å²) in [6, 6.07) is 10.2. The predicted octanol–water partition coefficient (Wildman–Crippen LogP) is 5.80. The van der Waals surface area contributed by atoms with E-state index < -0.39 is 10.0 Å². The van der Waals surface area contributed by atoms with Crippen molar-refractivity contribution in [1.29, 1.82) is 0 Å². The van der Waals surface area contributed by atoms with Crippen molar-refractivity contribution >= 4 is 42.6 Å². The van der Waals surface area contributed by atoms with Gasteiger partial charge in [0.05, 0.1) is 16.7 Å². The smallest absolute Gasteiger partial charge is 0.260 e. The summed E-state index contributed by atoms with van der Waals surface area (Å²) in [5.41, 5.74) is 2.24. The van der Waals surface area contributed by atoms with Crippen molar-refractivity contribution in [3.63, 3.8) is 0 Å². The van der Waals surface area contributed by atoms with Crippen molar-refractivity contribution in [3.8, 4) is 5.75 Å². The Morgan fingerprint density at radius 3 is 2.13 bits per heavy atom. The highest BCUT2D eigenvalue weighted by Crippen LogP contribution is 2.37. The van der Waals surface area contributed by atoms with Crippen LogP contribution in [0.1, 0.15) is 61.9 Å². The maximum absolute atomic E-state index is 13.8. The number of carbonyl (C=O) groups is 1. The maximum Gasteiger partial charge on any atom is 0.260 e. The third-order valence-electron chi connectivity index (χ3n) is 6.64. The van der Waals surface area contributed by atoms with Gasteiger partial charge in [-0.05, 0) is 82.7 Å². The fourth-order valence-electron chi connectivity index (χ4n) is 4.30. The van der Waals surface area contributed by atoms with Gasteiger partial charge in [0.1, 0.15) is 11.3 Å². The Labute approximate surface area is 237 Å². The molecule has 0 unspecified atom stereocenters. The van der Waals surface area contributed by atoms with Gasteiger partial charge in [0.2, 0.25) is 10.0 Å². The summed E-state index contributed by atoms with van der Waals surface area (Å²) in [5.74, 6) is 0.464. The zero-order chi connectivity index (χ0) is 28.6. The maximum atomic E-state index is 13.8. The van der Waals surface area contributed by atoms with Crippen molar-refractivity contribution in [2.75, 3.05) is 52.3 Å². The lowest BCUT2D eigenvalue weighted by Gasteiger charge is -2.23. The Morgan fingerprint density at radius 2 is 1.56 bits per heavy atom. The molecule has 2 aromatic carbocycles. The first kappa shape index (κ1) is 31.0. The van der Waals surface area contributed by atoms with Crippen molar-refractivity contribution < 1.29 is 17.9 Å². The molecular formula is C29H42N4O4S2. The third-order valence-corrected chi connectivity index (χ3v) is 9.76. The molecule has 1 aromatic heterocycles. The first-order valence-corrected chi connectivity index (χ1v) is 15.9. The van der Waals surface area contributed by atoms with Crippen LogP contribution in [0.15, 0.2) is 41.3 Å². The Hall–Kier alpha value is -2.53. The molecule has 0 saturated heterocycles. The quantitative estimate of drug-likeness (QED) is 0.228. The molecule has 0 aliphatic rings. The van der Waals surface area contributed by atoms with Crippen LogP contribution in [0.5, 0.6) is 5.75 Å². The zero-order valence-corrected chi connectivity index (χ0v) is 25.7. The lowest BCUT2D eigenvalue weighted by Crippen LogP contribution is -2.34. The van der Waals surface area contributed by atoms with Gasteiger partial charge in [-0.15, -0.1) is 0 Å². The number of anilines is 1. The fourth-order valence-corrected chi connectivity index (χ4v) is 6.90. The van der Waals surface area contributed by atoms with E-state index in [9.17, 15) is 13.2 Å². The van der Waals surface area contributed by atoms with Crippen LogP contribution in [0.4, 0.5) is 5.13 Å². The number of nitrogens with zero attached hydrogens (tertiary/aromatic N) is 4. The Bertz CT molecular complexity index is 1330. The molecule has 3 rings (SSSR count). The van der Waals surface area contributed by atoms with Crippen LogP contribution in [-0.4, -0.2) is 75.9 Å². The molecule has 0 spiro atoms. The average molecular weight is 575 g/mol. The van der Waals surface area contributed by atoms with Crippen LogP contribution >= 0.6 is 11.3 Å². The standard InChI is InChI=1S/C29H42N4O4S2/c1-7-9-19-32(20-10-8-2)39(35,36)24-15-13-23(14-16-24)28(34)33(21-11-18-31(4)5)29-30-26-25(37-6)17-12-22(3)27(26)38-29/h12-17H,7-11,18-21H2,1-6H3. The first-order chi connectivity index (χ1) is 18.6. The van der Waals surface area contributed by atoms with E-state index >= 15 is 0 Å². The summed E-state index contributed by atoms with van der Waals surface area (Å²) in [5, 5.41) is 0.600. The SMILES string of the molecule is CCCCN(CCCC)S(=O)(=O)c1ccc(C(=O)N(CCCN(C)C)c2nc3c(OC)ccc(C)c3s2)cc1. The minimum Gasteiger partial charge on any atom is -0.494 e. The van der Waals surface area contributed by atoms with E-state index in [0.29, 0.717) is 36.1 Å². The number of rotatable bonds is 15. The first-order valence-electron chi connectivity index (χ1n) is 13.6. The highest BCUT2D eigenvalue weighted by atomic mass is 32.2. The van der Waals surface area contributed by atoms with Crippen LogP contribution in [0.3, 0.4) is 0 Å². The Morgan fingerprint density at radius 1 is 0.923 bits per heavy atom. The number of ether oxygens (including phenoxy) is 1. The van der Waals surface area contributed by atoms with Gasteiger partial charge in [-0.1, -0.05) is 44.1 Å². The van der Waals surface area contributed by atoms with E-state index in [-0.39, 0.29) is 10.8 Å². The second-order valence-corrected chi connectivity index (χ2v) is 12.9. The Kier molecular flexibility index (Phi) is 11.3. The number of amides is 1. The molecule has 0 fully saturated rings. The fraction of sp³-hybridized carbons (Fsp3) is 0.517. The molecule has 0 aliphatic carbocycles. The molecular weight excluding hydrogens is 532 g/mol. The summed E-state index contributed by atoms with van der Waals surface area (Å²) in [4.78, 5) is 22.6. The summed E-state index contributed by atoms with van der Waals surface area (Å²) < 4.78 is 34.8. The van der Waals surface area contributed by atoms with E-state index in [1.165, 1.54) is 11.3 Å². The van der Waals surface area contributed by atoms with E-state index in [0.717, 1.165) is 54.4 Å². The molecule has 0 aliphatic heterocycles. The summed E-state index contributed by atoms with van der Waals surface area (Å²) in [6.45, 7) is 8.43. The van der Waals surface area contributed by atoms with Gasteiger partial charge in [-0.25, -0.2) is 13.4 Å². The van der Waals surface area contributed by atoms with Gasteiger partial charge in [0.25, 0.3) is 5.91 Å². The van der Waals surface area contributed by atoms with Gasteiger partial charge in [0.15, 0.2) is 5.13 Å². The number of thiazole rings is 1. The number of fused-ring (bicyclic) bond motifs is 1. The number of aromatic nitrogens is 1. The monoisotopic (exact) mass is 574 g/mol. The highest BCUT2D eigenvalue weighted by molar-refractivity contribution is 7.89. The molecule has 39 heavy (non-hydrogen) atoms. The third kappa shape index (κ3) is 7.57. The van der Waals surface area contributed by atoms with Gasteiger partial charge in [0, 0.05) is 25.2 Å². The van der Waals surface area contributed by atoms with Crippen LogP contribution < -0.4 is 9.64 Å². The van der Waals surface area contributed by atoms with E-state index in [4.69, 9.17) is 9.72 Å². The molecule has 8 nitrogen and oxygen atoms in total. The molecule has 214 valence electrons. The van der Waals surface area contributed by atoms with Crippen LogP contribution in [-0.2, 0) is 10.0 Å². The van der Waals surface area contributed by atoms with Crippen LogP contribution in [0.2, 0.25) is 0 Å². The second kappa shape index (κ2) is 14.2. The predicted molar refractivity (Wildman–Crippen MR) is 161 cm³/mol. The molecule has 0 radical (unpaired) electrons. The van der Waals surface area contributed by atoms with Gasteiger partial charge >= 0.3 is 0 Å². The van der Waals surface area contributed by atoms with Gasteiger partial charge < -0.3 is 9.64 Å².